The van der Waals surface area contributed by atoms with Crippen molar-refractivity contribution in [1.82, 2.24) is 0 Å². The first-order valence-electron chi connectivity index (χ1n) is 5.08. The Kier molecular flexibility index (Phi) is 16.5. The van der Waals surface area contributed by atoms with Crippen molar-refractivity contribution in [3.63, 3.8) is 0 Å². The van der Waals surface area contributed by atoms with Crippen LogP contribution >= 0.6 is 0 Å². The van der Waals surface area contributed by atoms with E-state index in [-0.39, 0.29) is 56.6 Å². The minimum Gasteiger partial charge on any atom is -1.00 e. The molecule has 0 aliphatic carbocycles. The van der Waals surface area contributed by atoms with E-state index < -0.39 is 0 Å². The van der Waals surface area contributed by atoms with Crippen LogP contribution in [0.4, 0.5) is 0 Å². The number of aryl methyl sites for hydroxylation is 2. The summed E-state index contributed by atoms with van der Waals surface area (Å²) in [5, 5.41) is 0. The molecule has 0 aromatic heterocycles. The van der Waals surface area contributed by atoms with Gasteiger partial charge in [0.05, 0.1) is 0 Å². The molecule has 98 valence electrons. The largest absolute Gasteiger partial charge is 4.00 e. The number of hydrogen-bond donors (Lipinski definition) is 0. The summed E-state index contributed by atoms with van der Waals surface area (Å²) >= 11 is 0. The summed E-state index contributed by atoms with van der Waals surface area (Å²) in [6, 6.07) is 2.24. The molecule has 1 aromatic carbocycles. The van der Waals surface area contributed by atoms with Gasteiger partial charge in [-0.15, -0.1) is 5.54 Å². The van der Waals surface area contributed by atoms with Gasteiger partial charge in [-0.05, 0) is 0 Å². The Morgan fingerprint density at radius 1 is 0.824 bits per heavy atom. The van der Waals surface area contributed by atoms with Gasteiger partial charge in [-0.25, -0.2) is 0 Å². The minimum absolute atomic E-state index is 0. The van der Waals surface area contributed by atoms with Gasteiger partial charge in [-0.2, -0.15) is 28.3 Å². The summed E-state index contributed by atoms with van der Waals surface area (Å²) in [6.07, 6.45) is 0. The molecule has 0 radical (unpaired) electrons. The molecule has 1 rings (SSSR count). The molecule has 1 aromatic rings. The minimum atomic E-state index is -0.250. The second kappa shape index (κ2) is 10.7. The van der Waals surface area contributed by atoms with E-state index in [4.69, 9.17) is 5.73 Å². The van der Waals surface area contributed by atoms with E-state index >= 15 is 0 Å². The van der Waals surface area contributed by atoms with Crippen LogP contribution in [0.3, 0.4) is 0 Å². The molecule has 1 N–H and O–H groups in total. The molecule has 0 saturated heterocycles. The Hall–Kier alpha value is 0.773. The number of halogens is 2. The molecule has 0 atom stereocenters. The van der Waals surface area contributed by atoms with Gasteiger partial charge in [0.1, 0.15) is 0 Å². The summed E-state index contributed by atoms with van der Waals surface area (Å²) in [6.45, 7) is 14.2. The van der Waals surface area contributed by atoms with Crippen molar-refractivity contribution >= 4 is 0 Å². The van der Waals surface area contributed by atoms with Crippen molar-refractivity contribution < 1.29 is 51.0 Å². The smallest absolute Gasteiger partial charge is 1.00 e. The van der Waals surface area contributed by atoms with Crippen LogP contribution < -0.4 is 24.8 Å². The van der Waals surface area contributed by atoms with E-state index in [0.717, 1.165) is 0 Å². The Morgan fingerprint density at radius 2 is 1.00 bits per heavy atom. The molecule has 1 nitrogen and oxygen atoms in total. The fourth-order valence-electron chi connectivity index (χ4n) is 1.13. The van der Waals surface area contributed by atoms with Crippen LogP contribution in [0.2, 0.25) is 0 Å². The molecular weight excluding hydrogens is 332 g/mol. The van der Waals surface area contributed by atoms with Crippen molar-refractivity contribution in [2.45, 2.75) is 54.0 Å². The van der Waals surface area contributed by atoms with E-state index in [1.54, 1.807) is 0 Å². The quantitative estimate of drug-likeness (QED) is 0.505. The second-order valence-corrected chi connectivity index (χ2v) is 5.01. The second-order valence-electron chi connectivity index (χ2n) is 5.01. The fraction of sp³-hybridized carbons (Fsp3) is 0.615. The zero-order valence-electron chi connectivity index (χ0n) is 11.8. The topological polar surface area (TPSA) is 23.8 Å². The first-order chi connectivity index (χ1) is 6.13. The zero-order valence-corrected chi connectivity index (χ0v) is 15.8. The van der Waals surface area contributed by atoms with Crippen LogP contribution in [-0.4, -0.2) is 5.54 Å². The molecule has 0 aliphatic rings. The zero-order chi connectivity index (χ0) is 11.5. The van der Waals surface area contributed by atoms with Gasteiger partial charge in [0.15, 0.2) is 0 Å². The van der Waals surface area contributed by atoms with Gasteiger partial charge in [0.2, 0.25) is 0 Å². The Bertz CT molecular complexity index is 273. The van der Waals surface area contributed by atoms with Gasteiger partial charge >= 0.3 is 26.2 Å². The molecule has 17 heavy (non-hydrogen) atoms. The van der Waals surface area contributed by atoms with Crippen LogP contribution in [0.5, 0.6) is 0 Å². The monoisotopic (exact) mass is 353 g/mol. The average Bonchev–Trinajstić information content (AvgIpc) is 2.14. The van der Waals surface area contributed by atoms with Gasteiger partial charge in [0.25, 0.3) is 0 Å². The molecule has 4 heteroatoms. The molecule has 0 amide bonds. The van der Waals surface area contributed by atoms with Crippen molar-refractivity contribution in [3.8, 4) is 0 Å². The van der Waals surface area contributed by atoms with Gasteiger partial charge in [0, 0.05) is 0 Å². The molecule has 0 bridgehead atoms. The van der Waals surface area contributed by atoms with E-state index in [9.17, 15) is 0 Å². The summed E-state index contributed by atoms with van der Waals surface area (Å²) in [7, 11) is 0. The predicted molar refractivity (Wildman–Crippen MR) is 65.1 cm³/mol. The first-order valence-corrected chi connectivity index (χ1v) is 5.08. The number of nitrogens with one attached hydrogen (secondary N) is 1. The molecule has 0 unspecified atom stereocenters. The molecule has 0 spiro atoms. The number of hydrogen-bond acceptors (Lipinski definition) is 0. The molecular formula is C13H23Cl2NZr. The summed E-state index contributed by atoms with van der Waals surface area (Å²) in [5.41, 5.74) is 12.4. The maximum atomic E-state index is 6.94. The van der Waals surface area contributed by atoms with Crippen LogP contribution in [-0.2, 0) is 26.2 Å². The maximum Gasteiger partial charge on any atom is 4.00 e. The Balaban J connectivity index is -0.0000000948. The molecule has 0 heterocycles. The van der Waals surface area contributed by atoms with E-state index in [2.05, 4.69) is 33.8 Å². The maximum absolute atomic E-state index is 6.94. The van der Waals surface area contributed by atoms with E-state index in [0.29, 0.717) is 0 Å². The third-order valence-electron chi connectivity index (χ3n) is 2.18. The van der Waals surface area contributed by atoms with Crippen molar-refractivity contribution in [1.29, 1.82) is 0 Å². The van der Waals surface area contributed by atoms with Crippen LogP contribution in [0.1, 0.15) is 43.0 Å². The first kappa shape index (κ1) is 26.4. The summed E-state index contributed by atoms with van der Waals surface area (Å²) in [5.74, 6) is 0. The van der Waals surface area contributed by atoms with Crippen LogP contribution in [0.15, 0.2) is 6.07 Å². The average molecular weight is 355 g/mol. The van der Waals surface area contributed by atoms with Gasteiger partial charge in [-0.3, -0.25) is 0 Å². The third-order valence-corrected chi connectivity index (χ3v) is 2.18. The van der Waals surface area contributed by atoms with Crippen LogP contribution in [0, 0.1) is 27.7 Å². The molecule has 0 saturated carbocycles. The normalized spacial score (nSPS) is 8.94. The summed E-state index contributed by atoms with van der Waals surface area (Å²) < 4.78 is 0. The van der Waals surface area contributed by atoms with Gasteiger partial charge in [-0.1, -0.05) is 48.5 Å². The van der Waals surface area contributed by atoms with Crippen molar-refractivity contribution in [3.05, 3.63) is 34.1 Å². The third kappa shape index (κ3) is 13.0. The Labute approximate surface area is 138 Å². The predicted octanol–water partition coefficient (Wildman–Crippen LogP) is -1.52. The van der Waals surface area contributed by atoms with E-state index in [1.807, 2.05) is 20.8 Å². The van der Waals surface area contributed by atoms with Crippen LogP contribution in [0.25, 0.3) is 5.73 Å². The number of rotatable bonds is 0. The Morgan fingerprint density at radius 3 is 1.06 bits per heavy atom. The van der Waals surface area contributed by atoms with E-state index in [1.165, 1.54) is 22.3 Å². The van der Waals surface area contributed by atoms with Gasteiger partial charge < -0.3 is 30.5 Å². The SMILES string of the molecule is CC(C)(C)[NH-].Cc1[cH-]c(C)c(C)c1C.[Cl-].[Cl-].[Zr+4]. The molecule has 0 aliphatic heterocycles. The standard InChI is InChI=1S/C9H13.C4H10N.2ClH.Zr/c1-6-5-7(2)9(4)8(6)3;1-4(2,3)5;;;/h5H,1-4H3;5H,1-3H3;2*1H;/q2*-1;;;+4/p-2. The van der Waals surface area contributed by atoms with Crippen molar-refractivity contribution in [2.75, 3.05) is 0 Å². The molecule has 0 fully saturated rings. The summed E-state index contributed by atoms with van der Waals surface area (Å²) in [4.78, 5) is 0. The van der Waals surface area contributed by atoms with Crippen molar-refractivity contribution in [2.24, 2.45) is 0 Å². The fourth-order valence-corrected chi connectivity index (χ4v) is 1.13.